The van der Waals surface area contributed by atoms with Crippen molar-refractivity contribution >= 4 is 41.3 Å². The number of hydrogen-bond donors (Lipinski definition) is 2. The Morgan fingerprint density at radius 1 is 1.31 bits per heavy atom. The van der Waals surface area contributed by atoms with Crippen LogP contribution < -0.4 is 10.6 Å². The van der Waals surface area contributed by atoms with Crippen molar-refractivity contribution < 1.29 is 0 Å². The second-order valence-electron chi connectivity index (χ2n) is 6.62. The highest BCUT2D eigenvalue weighted by Gasteiger charge is 2.15. The van der Waals surface area contributed by atoms with Gasteiger partial charge < -0.3 is 15.2 Å². The van der Waals surface area contributed by atoms with Gasteiger partial charge in [0.2, 0.25) is 0 Å². The second-order valence-corrected chi connectivity index (χ2v) is 7.65. The van der Waals surface area contributed by atoms with E-state index in [0.29, 0.717) is 12.6 Å². The summed E-state index contributed by atoms with van der Waals surface area (Å²) in [6, 6.07) is 4.81. The number of thiophene rings is 1. The fraction of sp³-hybridized carbons (Fsp3) is 0.611. The molecule has 8 heteroatoms. The number of guanidine groups is 1. The zero-order valence-electron chi connectivity index (χ0n) is 15.6. The molecule has 1 fully saturated rings. The summed E-state index contributed by atoms with van der Waals surface area (Å²) in [5, 5.41) is 17.6. The highest BCUT2D eigenvalue weighted by atomic mass is 127. The van der Waals surface area contributed by atoms with Gasteiger partial charge in [0.15, 0.2) is 11.8 Å². The van der Waals surface area contributed by atoms with Crippen molar-refractivity contribution in [1.82, 2.24) is 25.4 Å². The molecule has 0 atom stereocenters. The molecule has 2 heterocycles. The molecule has 1 aliphatic carbocycles. The lowest BCUT2D eigenvalue weighted by molar-refractivity contribution is 0.410. The Morgan fingerprint density at radius 2 is 2.12 bits per heavy atom. The summed E-state index contributed by atoms with van der Waals surface area (Å²) in [6.07, 6.45) is 7.45. The zero-order valence-corrected chi connectivity index (χ0v) is 18.7. The molecule has 0 spiro atoms. The van der Waals surface area contributed by atoms with Crippen LogP contribution in [0.1, 0.15) is 48.6 Å². The van der Waals surface area contributed by atoms with Gasteiger partial charge in [-0.15, -0.1) is 45.5 Å². The van der Waals surface area contributed by atoms with Crippen LogP contribution in [0.15, 0.2) is 22.5 Å². The van der Waals surface area contributed by atoms with Crippen molar-refractivity contribution in [2.24, 2.45) is 12.0 Å². The molecular weight excluding hydrogens is 459 g/mol. The minimum absolute atomic E-state index is 0. The van der Waals surface area contributed by atoms with Gasteiger partial charge in [0.05, 0.1) is 0 Å². The Bertz CT molecular complexity index is 676. The Balaban J connectivity index is 0.00000243. The van der Waals surface area contributed by atoms with Crippen LogP contribution in [0.25, 0.3) is 0 Å². The van der Waals surface area contributed by atoms with Crippen molar-refractivity contribution in [2.45, 2.75) is 58.0 Å². The van der Waals surface area contributed by atoms with E-state index in [9.17, 15) is 0 Å². The van der Waals surface area contributed by atoms with Crippen LogP contribution in [-0.2, 0) is 20.0 Å². The molecule has 0 amide bonds. The molecule has 6 nitrogen and oxygen atoms in total. The van der Waals surface area contributed by atoms with E-state index in [1.54, 1.807) is 11.3 Å². The lowest BCUT2D eigenvalue weighted by Crippen LogP contribution is -2.44. The first-order valence-electron chi connectivity index (χ1n) is 9.14. The largest absolute Gasteiger partial charge is 0.356 e. The third kappa shape index (κ3) is 6.22. The maximum atomic E-state index is 4.76. The van der Waals surface area contributed by atoms with E-state index in [4.69, 9.17) is 4.99 Å². The first-order chi connectivity index (χ1) is 12.2. The average Bonchev–Trinajstić information content (AvgIpc) is 3.25. The van der Waals surface area contributed by atoms with Gasteiger partial charge in [-0.05, 0) is 37.6 Å². The van der Waals surface area contributed by atoms with Gasteiger partial charge in [-0.25, -0.2) is 4.99 Å². The molecule has 2 aromatic rings. The summed E-state index contributed by atoms with van der Waals surface area (Å²) in [5.41, 5.74) is 0. The van der Waals surface area contributed by atoms with Crippen molar-refractivity contribution in [2.75, 3.05) is 6.54 Å². The number of rotatable bonds is 6. The number of halogens is 1. The first kappa shape index (κ1) is 21.1. The van der Waals surface area contributed by atoms with E-state index in [0.717, 1.165) is 30.6 Å². The molecule has 1 saturated carbocycles. The number of aryl methyl sites for hydroxylation is 1. The number of aliphatic imine (C=N–C) groups is 1. The van der Waals surface area contributed by atoms with Crippen molar-refractivity contribution in [1.29, 1.82) is 0 Å². The van der Waals surface area contributed by atoms with Gasteiger partial charge in [0.25, 0.3) is 0 Å². The van der Waals surface area contributed by atoms with Gasteiger partial charge in [-0.3, -0.25) is 0 Å². The fourth-order valence-corrected chi connectivity index (χ4v) is 3.80. The van der Waals surface area contributed by atoms with Gasteiger partial charge >= 0.3 is 0 Å². The van der Waals surface area contributed by atoms with Crippen LogP contribution in [0.4, 0.5) is 0 Å². The summed E-state index contributed by atoms with van der Waals surface area (Å²) in [5.74, 6) is 2.70. The maximum absolute atomic E-state index is 4.76. The number of hydrogen-bond acceptors (Lipinski definition) is 4. The third-order valence-corrected chi connectivity index (χ3v) is 5.69. The maximum Gasteiger partial charge on any atom is 0.191 e. The van der Waals surface area contributed by atoms with Crippen molar-refractivity contribution in [3.05, 3.63) is 34.0 Å². The topological polar surface area (TPSA) is 67.1 Å². The molecule has 3 rings (SSSR count). The molecule has 26 heavy (non-hydrogen) atoms. The Kier molecular flexibility index (Phi) is 8.83. The Hall–Kier alpha value is -1.16. The Labute approximate surface area is 176 Å². The molecule has 0 unspecified atom stereocenters. The van der Waals surface area contributed by atoms with Gasteiger partial charge in [0.1, 0.15) is 12.4 Å². The van der Waals surface area contributed by atoms with Crippen LogP contribution in [0.2, 0.25) is 0 Å². The minimum Gasteiger partial charge on any atom is -0.356 e. The first-order valence-corrected chi connectivity index (χ1v) is 10.0. The van der Waals surface area contributed by atoms with Crippen LogP contribution >= 0.6 is 35.3 Å². The molecule has 144 valence electrons. The molecule has 0 bridgehead atoms. The quantitative estimate of drug-likeness (QED) is 0.372. The van der Waals surface area contributed by atoms with Crippen molar-refractivity contribution in [3.63, 3.8) is 0 Å². The molecule has 1 aliphatic rings. The third-order valence-electron chi connectivity index (χ3n) is 4.75. The normalized spacial score (nSPS) is 15.5. The highest BCUT2D eigenvalue weighted by Crippen LogP contribution is 2.17. The predicted molar refractivity (Wildman–Crippen MR) is 118 cm³/mol. The molecule has 0 radical (unpaired) electrons. The fourth-order valence-electron chi connectivity index (χ4n) is 3.09. The molecule has 0 saturated heterocycles. The smallest absolute Gasteiger partial charge is 0.191 e. The van der Waals surface area contributed by atoms with E-state index in [-0.39, 0.29) is 24.0 Å². The zero-order chi connectivity index (χ0) is 17.5. The average molecular weight is 488 g/mol. The summed E-state index contributed by atoms with van der Waals surface area (Å²) in [7, 11) is 1.98. The van der Waals surface area contributed by atoms with Crippen LogP contribution in [0, 0.1) is 6.92 Å². The van der Waals surface area contributed by atoms with Crippen LogP contribution in [0.3, 0.4) is 0 Å². The SMILES string of the molecule is Cc1nnc(CN=C(NCCc2cccs2)NC2CCCCC2)n1C.I. The predicted octanol–water partition coefficient (Wildman–Crippen LogP) is 3.41. The summed E-state index contributed by atoms with van der Waals surface area (Å²) >= 11 is 1.80. The molecule has 2 aromatic heterocycles. The second kappa shape index (κ2) is 10.9. The molecule has 0 aliphatic heterocycles. The lowest BCUT2D eigenvalue weighted by atomic mass is 9.96. The van der Waals surface area contributed by atoms with Gasteiger partial charge in [0, 0.05) is 24.5 Å². The minimum atomic E-state index is 0. The molecule has 0 aromatic carbocycles. The number of nitrogens with zero attached hydrogens (tertiary/aromatic N) is 4. The summed E-state index contributed by atoms with van der Waals surface area (Å²) in [6.45, 7) is 3.38. The van der Waals surface area contributed by atoms with Crippen molar-refractivity contribution in [3.8, 4) is 0 Å². The Morgan fingerprint density at radius 3 is 2.77 bits per heavy atom. The summed E-state index contributed by atoms with van der Waals surface area (Å²) < 4.78 is 1.99. The van der Waals surface area contributed by atoms with E-state index in [1.807, 2.05) is 18.5 Å². The van der Waals surface area contributed by atoms with E-state index >= 15 is 0 Å². The highest BCUT2D eigenvalue weighted by molar-refractivity contribution is 14.0. The van der Waals surface area contributed by atoms with E-state index in [1.165, 1.54) is 37.0 Å². The van der Waals surface area contributed by atoms with E-state index in [2.05, 4.69) is 38.3 Å². The van der Waals surface area contributed by atoms with E-state index < -0.39 is 0 Å². The van der Waals surface area contributed by atoms with Crippen LogP contribution in [-0.4, -0.2) is 33.3 Å². The standard InChI is InChI=1S/C18H28N6S.HI/c1-14-22-23-17(24(14)2)13-20-18(21-15-7-4-3-5-8-15)19-11-10-16-9-6-12-25-16;/h6,9,12,15H,3-5,7-8,10-11,13H2,1-2H3,(H2,19,20,21);1H. The van der Waals surface area contributed by atoms with Gasteiger partial charge in [-0.1, -0.05) is 25.3 Å². The number of aromatic nitrogens is 3. The summed E-state index contributed by atoms with van der Waals surface area (Å²) in [4.78, 5) is 6.15. The molecular formula is C18H29IN6S. The number of nitrogens with one attached hydrogen (secondary N) is 2. The van der Waals surface area contributed by atoms with Gasteiger partial charge in [-0.2, -0.15) is 0 Å². The molecule has 2 N–H and O–H groups in total. The lowest BCUT2D eigenvalue weighted by Gasteiger charge is -2.25. The monoisotopic (exact) mass is 488 g/mol. The van der Waals surface area contributed by atoms with Crippen LogP contribution in [0.5, 0.6) is 0 Å².